The smallest absolute Gasteiger partial charge is 0.271 e. The molecular weight excluding hydrogens is 304 g/mol. The van der Waals surface area contributed by atoms with Gasteiger partial charge in [0.1, 0.15) is 0 Å². The molecule has 0 spiro atoms. The molecule has 1 aromatic rings. The summed E-state index contributed by atoms with van der Waals surface area (Å²) in [6, 6.07) is 0. The van der Waals surface area contributed by atoms with E-state index in [0.717, 1.165) is 51.8 Å². The first-order valence-corrected chi connectivity index (χ1v) is 8.29. The van der Waals surface area contributed by atoms with Gasteiger partial charge in [-0.3, -0.25) is 4.79 Å². The Labute approximate surface area is 135 Å². The van der Waals surface area contributed by atoms with Gasteiger partial charge in [0.2, 0.25) is 5.95 Å². The third-order valence-electron chi connectivity index (χ3n) is 4.11. The highest BCUT2D eigenvalue weighted by Gasteiger charge is 2.20. The van der Waals surface area contributed by atoms with E-state index in [1.807, 2.05) is 0 Å². The van der Waals surface area contributed by atoms with Crippen molar-refractivity contribution in [2.75, 3.05) is 31.1 Å². The lowest BCUT2D eigenvalue weighted by atomic mass is 10.2. The van der Waals surface area contributed by atoms with Gasteiger partial charge in [0.15, 0.2) is 5.69 Å². The molecule has 0 bridgehead atoms. The van der Waals surface area contributed by atoms with Crippen LogP contribution in [0.3, 0.4) is 0 Å². The SMILES string of the molecule is O=C(NCCC1CCCO1)c1nc(N2CCCC2)ncc1Cl. The highest BCUT2D eigenvalue weighted by molar-refractivity contribution is 6.33. The zero-order valence-corrected chi connectivity index (χ0v) is 13.3. The molecule has 1 atom stereocenters. The molecule has 2 aliphatic rings. The molecule has 2 saturated heterocycles. The molecule has 1 amide bonds. The molecule has 1 unspecified atom stereocenters. The molecule has 3 heterocycles. The number of aromatic nitrogens is 2. The maximum absolute atomic E-state index is 12.3. The summed E-state index contributed by atoms with van der Waals surface area (Å²) in [6.07, 6.45) is 7.05. The van der Waals surface area contributed by atoms with Crippen molar-refractivity contribution in [3.05, 3.63) is 16.9 Å². The van der Waals surface area contributed by atoms with Crippen LogP contribution < -0.4 is 10.2 Å². The third-order valence-corrected chi connectivity index (χ3v) is 4.39. The Morgan fingerprint density at radius 3 is 2.95 bits per heavy atom. The molecule has 1 N–H and O–H groups in total. The first-order valence-electron chi connectivity index (χ1n) is 7.91. The van der Waals surface area contributed by atoms with Gasteiger partial charge in [-0.05, 0) is 32.1 Å². The number of hydrogen-bond donors (Lipinski definition) is 1. The highest BCUT2D eigenvalue weighted by atomic mass is 35.5. The minimum absolute atomic E-state index is 0.245. The van der Waals surface area contributed by atoms with E-state index in [1.165, 1.54) is 6.20 Å². The van der Waals surface area contributed by atoms with Crippen LogP contribution in [0.1, 0.15) is 42.6 Å². The Balaban J connectivity index is 1.59. The normalized spacial score (nSPS) is 21.3. The summed E-state index contributed by atoms with van der Waals surface area (Å²) >= 11 is 6.07. The van der Waals surface area contributed by atoms with E-state index < -0.39 is 0 Å². The quantitative estimate of drug-likeness (QED) is 0.897. The third kappa shape index (κ3) is 3.67. The summed E-state index contributed by atoms with van der Waals surface area (Å²) in [5.41, 5.74) is 0.255. The number of amides is 1. The molecule has 0 radical (unpaired) electrons. The standard InChI is InChI=1S/C15H21ClN4O2/c16-12-10-18-15(20-7-1-2-8-20)19-13(12)14(21)17-6-5-11-4-3-9-22-11/h10-11H,1-9H2,(H,17,21). The highest BCUT2D eigenvalue weighted by Crippen LogP contribution is 2.20. The van der Waals surface area contributed by atoms with Crippen molar-refractivity contribution >= 4 is 23.5 Å². The number of carbonyl (C=O) groups is 1. The summed E-state index contributed by atoms with van der Waals surface area (Å²) in [7, 11) is 0. The fourth-order valence-corrected chi connectivity index (χ4v) is 3.07. The number of anilines is 1. The molecular formula is C15H21ClN4O2. The van der Waals surface area contributed by atoms with Gasteiger partial charge in [-0.25, -0.2) is 9.97 Å². The van der Waals surface area contributed by atoms with Crippen molar-refractivity contribution in [2.24, 2.45) is 0 Å². The lowest BCUT2D eigenvalue weighted by Gasteiger charge is -2.16. The van der Waals surface area contributed by atoms with Gasteiger partial charge in [0, 0.05) is 26.2 Å². The van der Waals surface area contributed by atoms with Crippen molar-refractivity contribution in [2.45, 2.75) is 38.2 Å². The van der Waals surface area contributed by atoms with Crippen LogP contribution in [0.4, 0.5) is 5.95 Å². The van der Waals surface area contributed by atoms with Crippen molar-refractivity contribution < 1.29 is 9.53 Å². The molecule has 0 saturated carbocycles. The number of hydrogen-bond acceptors (Lipinski definition) is 5. The first kappa shape index (κ1) is 15.5. The molecule has 0 aliphatic carbocycles. The van der Waals surface area contributed by atoms with Crippen LogP contribution in [0, 0.1) is 0 Å². The lowest BCUT2D eigenvalue weighted by Crippen LogP contribution is -2.29. The molecule has 120 valence electrons. The Bertz CT molecular complexity index is 528. The maximum Gasteiger partial charge on any atom is 0.271 e. The van der Waals surface area contributed by atoms with Gasteiger partial charge in [0.05, 0.1) is 17.3 Å². The van der Waals surface area contributed by atoms with Crippen molar-refractivity contribution in [1.82, 2.24) is 15.3 Å². The van der Waals surface area contributed by atoms with Gasteiger partial charge in [-0.2, -0.15) is 0 Å². The number of carbonyl (C=O) groups excluding carboxylic acids is 1. The Kier molecular flexibility index (Phi) is 5.10. The minimum atomic E-state index is -0.245. The number of nitrogens with one attached hydrogen (secondary N) is 1. The Hall–Kier alpha value is -1.40. The predicted molar refractivity (Wildman–Crippen MR) is 84.4 cm³/mol. The maximum atomic E-state index is 12.3. The van der Waals surface area contributed by atoms with Gasteiger partial charge in [0.25, 0.3) is 5.91 Å². The van der Waals surface area contributed by atoms with Crippen LogP contribution in [0.5, 0.6) is 0 Å². The van der Waals surface area contributed by atoms with Crippen LogP contribution >= 0.6 is 11.6 Å². The van der Waals surface area contributed by atoms with Crippen molar-refractivity contribution in [3.8, 4) is 0 Å². The van der Waals surface area contributed by atoms with E-state index in [2.05, 4.69) is 20.2 Å². The van der Waals surface area contributed by atoms with E-state index in [4.69, 9.17) is 16.3 Å². The van der Waals surface area contributed by atoms with Crippen LogP contribution in [0.15, 0.2) is 6.20 Å². The van der Waals surface area contributed by atoms with Crippen LogP contribution in [0.25, 0.3) is 0 Å². The second-order valence-corrected chi connectivity index (χ2v) is 6.15. The zero-order chi connectivity index (χ0) is 15.4. The van der Waals surface area contributed by atoms with Gasteiger partial charge >= 0.3 is 0 Å². The topological polar surface area (TPSA) is 67.3 Å². The summed E-state index contributed by atoms with van der Waals surface area (Å²) in [5.74, 6) is 0.344. The predicted octanol–water partition coefficient (Wildman–Crippen LogP) is 2.03. The molecule has 2 fully saturated rings. The monoisotopic (exact) mass is 324 g/mol. The fourth-order valence-electron chi connectivity index (χ4n) is 2.89. The summed E-state index contributed by atoms with van der Waals surface area (Å²) in [5, 5.41) is 3.16. The number of nitrogens with zero attached hydrogens (tertiary/aromatic N) is 3. The summed E-state index contributed by atoms with van der Waals surface area (Å²) in [4.78, 5) is 22.9. The molecule has 2 aliphatic heterocycles. The van der Waals surface area contributed by atoms with Crippen LogP contribution in [-0.2, 0) is 4.74 Å². The number of rotatable bonds is 5. The van der Waals surface area contributed by atoms with Crippen LogP contribution in [0.2, 0.25) is 5.02 Å². The van der Waals surface area contributed by atoms with Crippen molar-refractivity contribution in [1.29, 1.82) is 0 Å². The lowest BCUT2D eigenvalue weighted by molar-refractivity contribution is 0.0903. The van der Waals surface area contributed by atoms with E-state index in [9.17, 15) is 4.79 Å². The number of ether oxygens (including phenoxy) is 1. The molecule has 0 aromatic carbocycles. The van der Waals surface area contributed by atoms with Gasteiger partial charge in [-0.15, -0.1) is 0 Å². The first-order chi connectivity index (χ1) is 10.7. The second-order valence-electron chi connectivity index (χ2n) is 5.74. The van der Waals surface area contributed by atoms with Crippen molar-refractivity contribution in [3.63, 3.8) is 0 Å². The summed E-state index contributed by atoms with van der Waals surface area (Å²) < 4.78 is 5.54. The average molecular weight is 325 g/mol. The Morgan fingerprint density at radius 1 is 1.41 bits per heavy atom. The number of halogens is 1. The van der Waals surface area contributed by atoms with E-state index >= 15 is 0 Å². The van der Waals surface area contributed by atoms with E-state index in [1.54, 1.807) is 0 Å². The summed E-state index contributed by atoms with van der Waals surface area (Å²) in [6.45, 7) is 3.27. The van der Waals surface area contributed by atoms with E-state index in [0.29, 0.717) is 12.5 Å². The fraction of sp³-hybridized carbons (Fsp3) is 0.667. The Morgan fingerprint density at radius 2 is 2.23 bits per heavy atom. The molecule has 22 heavy (non-hydrogen) atoms. The molecule has 6 nitrogen and oxygen atoms in total. The van der Waals surface area contributed by atoms with Gasteiger partial charge < -0.3 is 15.0 Å². The van der Waals surface area contributed by atoms with E-state index in [-0.39, 0.29) is 22.7 Å². The zero-order valence-electron chi connectivity index (χ0n) is 12.6. The van der Waals surface area contributed by atoms with Crippen LogP contribution in [-0.4, -0.2) is 48.2 Å². The van der Waals surface area contributed by atoms with Gasteiger partial charge in [-0.1, -0.05) is 11.6 Å². The molecule has 3 rings (SSSR count). The minimum Gasteiger partial charge on any atom is -0.378 e. The largest absolute Gasteiger partial charge is 0.378 e. The second kappa shape index (κ2) is 7.24. The molecule has 7 heteroatoms. The average Bonchev–Trinajstić information content (AvgIpc) is 3.21. The molecule has 1 aromatic heterocycles.